The Morgan fingerprint density at radius 1 is 1.32 bits per heavy atom. The fourth-order valence-electron chi connectivity index (χ4n) is 3.08. The Balaban J connectivity index is 2.23. The lowest BCUT2D eigenvalue weighted by molar-refractivity contribution is -0.145. The number of allylic oxidation sites excluding steroid dienone is 3. The molecule has 2 rings (SSSR count). The Kier molecular flexibility index (Phi) is 8.47. The first kappa shape index (κ1) is 24.2. The zero-order chi connectivity index (χ0) is 23.0. The summed E-state index contributed by atoms with van der Waals surface area (Å²) in [6, 6.07) is 0. The number of aromatic nitrogens is 2. The zero-order valence-corrected chi connectivity index (χ0v) is 17.3. The predicted molar refractivity (Wildman–Crippen MR) is 108 cm³/mol. The lowest BCUT2D eigenvalue weighted by atomic mass is 9.90. The molecule has 0 saturated carbocycles. The fourth-order valence-corrected chi connectivity index (χ4v) is 3.08. The lowest BCUT2D eigenvalue weighted by Crippen LogP contribution is -2.41. The summed E-state index contributed by atoms with van der Waals surface area (Å²) in [5.41, 5.74) is 0.589. The van der Waals surface area contributed by atoms with Crippen LogP contribution in [-0.2, 0) is 11.0 Å². The van der Waals surface area contributed by atoms with E-state index in [1.54, 1.807) is 25.3 Å². The van der Waals surface area contributed by atoms with Gasteiger partial charge in [-0.2, -0.15) is 13.2 Å². The maximum absolute atomic E-state index is 13.1. The predicted octanol–water partition coefficient (Wildman–Crippen LogP) is 4.86. The summed E-state index contributed by atoms with van der Waals surface area (Å²) in [6.45, 7) is 7.37. The molecule has 0 bridgehead atoms. The number of aliphatic imine (C=N–C) groups is 1. The summed E-state index contributed by atoms with van der Waals surface area (Å²) in [7, 11) is 0. The first-order valence-electron chi connectivity index (χ1n) is 9.77. The molecule has 2 heterocycles. The van der Waals surface area contributed by atoms with Gasteiger partial charge in [0, 0.05) is 25.2 Å². The number of likely N-dealkylation sites (tertiary alicyclic amines) is 1. The summed E-state index contributed by atoms with van der Waals surface area (Å²) in [5, 5.41) is 0. The van der Waals surface area contributed by atoms with Gasteiger partial charge in [-0.05, 0) is 32.3 Å². The molecule has 0 aromatic carbocycles. The highest BCUT2D eigenvalue weighted by atomic mass is 19.4. The van der Waals surface area contributed by atoms with Crippen LogP contribution in [-0.4, -0.2) is 39.6 Å². The van der Waals surface area contributed by atoms with Crippen LogP contribution in [0.25, 0.3) is 0 Å². The van der Waals surface area contributed by atoms with Crippen LogP contribution in [0.5, 0.6) is 5.75 Å². The van der Waals surface area contributed by atoms with Crippen LogP contribution in [0.1, 0.15) is 38.9 Å². The number of piperidine rings is 1. The van der Waals surface area contributed by atoms with Crippen LogP contribution in [0.15, 0.2) is 53.9 Å². The van der Waals surface area contributed by atoms with Gasteiger partial charge in [0.05, 0.1) is 18.1 Å². The summed E-state index contributed by atoms with van der Waals surface area (Å²) >= 11 is 0. The van der Waals surface area contributed by atoms with E-state index in [1.165, 1.54) is 4.90 Å². The van der Waals surface area contributed by atoms with Gasteiger partial charge in [-0.3, -0.25) is 9.79 Å². The first-order valence-corrected chi connectivity index (χ1v) is 9.77. The van der Waals surface area contributed by atoms with Crippen molar-refractivity contribution >= 4 is 11.6 Å². The Hall–Kier alpha value is -3.04. The van der Waals surface area contributed by atoms with Gasteiger partial charge >= 0.3 is 6.18 Å². The summed E-state index contributed by atoms with van der Waals surface area (Å²) in [6.07, 6.45) is 3.98. The van der Waals surface area contributed by atoms with E-state index in [4.69, 9.17) is 4.74 Å². The molecular formula is C21H24F4N4O2. The molecule has 1 aliphatic rings. The summed E-state index contributed by atoms with van der Waals surface area (Å²) in [4.78, 5) is 24.3. The van der Waals surface area contributed by atoms with E-state index in [2.05, 4.69) is 21.5 Å². The molecule has 0 atom stereocenters. The number of halogens is 4. The largest absolute Gasteiger partial charge is 0.453 e. The van der Waals surface area contributed by atoms with Crippen molar-refractivity contribution < 1.29 is 27.1 Å². The van der Waals surface area contributed by atoms with Crippen molar-refractivity contribution in [3.63, 3.8) is 0 Å². The van der Waals surface area contributed by atoms with Gasteiger partial charge < -0.3 is 9.64 Å². The molecule has 1 aromatic rings. The topological polar surface area (TPSA) is 67.7 Å². The van der Waals surface area contributed by atoms with Crippen molar-refractivity contribution in [2.75, 3.05) is 13.1 Å². The van der Waals surface area contributed by atoms with Crippen LogP contribution in [0, 0.1) is 5.92 Å². The lowest BCUT2D eigenvalue weighted by Gasteiger charge is -2.32. The zero-order valence-electron chi connectivity index (χ0n) is 17.3. The maximum atomic E-state index is 13.1. The molecule has 10 heteroatoms. The normalized spacial score (nSPS) is 16.6. The second-order valence-electron chi connectivity index (χ2n) is 6.79. The molecule has 1 amide bonds. The van der Waals surface area contributed by atoms with E-state index >= 15 is 0 Å². The number of carbonyl (C=O) groups excluding carboxylic acids is 1. The van der Waals surface area contributed by atoms with Crippen molar-refractivity contribution in [2.45, 2.75) is 39.3 Å². The van der Waals surface area contributed by atoms with E-state index < -0.39 is 23.7 Å². The van der Waals surface area contributed by atoms with E-state index in [0.29, 0.717) is 43.8 Å². The molecule has 0 unspecified atom stereocenters. The molecule has 1 aromatic heterocycles. The third-order valence-electron chi connectivity index (χ3n) is 4.52. The minimum Gasteiger partial charge on any atom is -0.453 e. The minimum atomic E-state index is -4.64. The third kappa shape index (κ3) is 6.73. The maximum Gasteiger partial charge on any atom is 0.451 e. The van der Waals surface area contributed by atoms with Gasteiger partial charge in [0.1, 0.15) is 5.76 Å². The van der Waals surface area contributed by atoms with Crippen molar-refractivity contribution in [3.8, 4) is 5.75 Å². The Labute approximate surface area is 178 Å². The van der Waals surface area contributed by atoms with Crippen LogP contribution in [0.3, 0.4) is 0 Å². The van der Waals surface area contributed by atoms with Gasteiger partial charge in [0.25, 0.3) is 5.91 Å². The molecule has 0 N–H and O–H groups in total. The molecule has 0 spiro atoms. The molecule has 0 radical (unpaired) electrons. The summed E-state index contributed by atoms with van der Waals surface area (Å²) < 4.78 is 57.0. The number of amides is 1. The van der Waals surface area contributed by atoms with E-state index in [1.807, 2.05) is 6.92 Å². The van der Waals surface area contributed by atoms with Gasteiger partial charge in [0.2, 0.25) is 5.82 Å². The molecule has 1 aliphatic heterocycles. The molecule has 0 aliphatic carbocycles. The molecule has 1 fully saturated rings. The SMILES string of the molecule is C=C(F)C(=O)N1CCC(C(=N\C=C/C)/C(=C/CC)Oc2cnc(C(F)(F)F)nc2)CC1. The average Bonchev–Trinajstić information content (AvgIpc) is 2.73. The van der Waals surface area contributed by atoms with Crippen molar-refractivity contribution in [3.05, 3.63) is 54.7 Å². The summed E-state index contributed by atoms with van der Waals surface area (Å²) in [5.74, 6) is -2.66. The molecule has 31 heavy (non-hydrogen) atoms. The minimum absolute atomic E-state index is 0.0437. The van der Waals surface area contributed by atoms with Gasteiger partial charge in [-0.1, -0.05) is 19.6 Å². The van der Waals surface area contributed by atoms with E-state index in [0.717, 1.165) is 12.4 Å². The van der Waals surface area contributed by atoms with Crippen LogP contribution in [0.4, 0.5) is 17.6 Å². The number of alkyl halides is 3. The average molecular weight is 440 g/mol. The quantitative estimate of drug-likeness (QED) is 0.263. The Morgan fingerprint density at radius 3 is 2.42 bits per heavy atom. The highest BCUT2D eigenvalue weighted by Crippen LogP contribution is 2.28. The number of hydrogen-bond acceptors (Lipinski definition) is 5. The second kappa shape index (κ2) is 10.8. The van der Waals surface area contributed by atoms with Gasteiger partial charge in [-0.25, -0.2) is 14.4 Å². The highest BCUT2D eigenvalue weighted by molar-refractivity contribution is 6.01. The van der Waals surface area contributed by atoms with E-state index in [-0.39, 0.29) is 11.7 Å². The fraction of sp³-hybridized carbons (Fsp3) is 0.429. The number of hydrogen-bond donors (Lipinski definition) is 0. The number of ether oxygens (including phenoxy) is 1. The molecule has 6 nitrogen and oxygen atoms in total. The number of carbonyl (C=O) groups is 1. The van der Waals surface area contributed by atoms with Crippen LogP contribution < -0.4 is 4.74 Å². The van der Waals surface area contributed by atoms with Crippen LogP contribution >= 0.6 is 0 Å². The van der Waals surface area contributed by atoms with E-state index in [9.17, 15) is 22.4 Å². The third-order valence-corrected chi connectivity index (χ3v) is 4.52. The van der Waals surface area contributed by atoms with Crippen molar-refractivity contribution in [1.82, 2.24) is 14.9 Å². The number of rotatable bonds is 7. The smallest absolute Gasteiger partial charge is 0.451 e. The first-order chi connectivity index (χ1) is 14.7. The monoisotopic (exact) mass is 440 g/mol. The van der Waals surface area contributed by atoms with Crippen molar-refractivity contribution in [2.24, 2.45) is 10.9 Å². The van der Waals surface area contributed by atoms with Crippen LogP contribution in [0.2, 0.25) is 0 Å². The van der Waals surface area contributed by atoms with Crippen molar-refractivity contribution in [1.29, 1.82) is 0 Å². The number of nitrogens with zero attached hydrogens (tertiary/aromatic N) is 4. The Morgan fingerprint density at radius 2 is 1.94 bits per heavy atom. The standard InChI is InChI=1S/C21H24F4N4O2/c1-4-6-17(31-16-12-27-20(28-13-16)21(23,24)25)18(26-9-5-2)15-7-10-29(11-8-15)19(30)14(3)22/h5-6,9,12-13,15H,3-4,7-8,10-11H2,1-2H3/b9-5-,17-6-,26-18+. The molecule has 168 valence electrons. The van der Waals surface area contributed by atoms with Gasteiger partial charge in [-0.15, -0.1) is 0 Å². The van der Waals surface area contributed by atoms with Gasteiger partial charge in [0.15, 0.2) is 11.6 Å². The second-order valence-corrected chi connectivity index (χ2v) is 6.79. The molecular weight excluding hydrogens is 416 g/mol. The molecule has 1 saturated heterocycles. The Bertz CT molecular complexity index is 868. The highest BCUT2D eigenvalue weighted by Gasteiger charge is 2.34.